The molecule has 3 heterocycles. The Morgan fingerprint density at radius 1 is 1.30 bits per heavy atom. The lowest BCUT2D eigenvalue weighted by Gasteiger charge is -2.34. The molecule has 3 N–H and O–H groups in total. The van der Waals surface area contributed by atoms with Crippen LogP contribution in [0.4, 0.5) is 10.6 Å². The molecule has 2 amide bonds. The molecule has 0 spiro atoms. The van der Waals surface area contributed by atoms with Gasteiger partial charge in [-0.2, -0.15) is 0 Å². The number of carbonyl (C=O) groups excluding carboxylic acids is 1. The lowest BCUT2D eigenvalue weighted by atomic mass is 10.2. The van der Waals surface area contributed by atoms with Crippen LogP contribution >= 0.6 is 11.3 Å². The van der Waals surface area contributed by atoms with Crippen molar-refractivity contribution in [1.82, 2.24) is 14.9 Å². The van der Waals surface area contributed by atoms with E-state index in [2.05, 4.69) is 16.9 Å². The van der Waals surface area contributed by atoms with Gasteiger partial charge in [-0.15, -0.1) is 11.3 Å². The van der Waals surface area contributed by atoms with Gasteiger partial charge in [0.15, 0.2) is 0 Å². The van der Waals surface area contributed by atoms with Gasteiger partial charge in [-0.3, -0.25) is 4.79 Å². The van der Waals surface area contributed by atoms with Crippen LogP contribution in [0.3, 0.4) is 0 Å². The molecule has 1 saturated heterocycles. The standard InChI is InChI=1S/C14H17N5O3S/c1-2-8-7-9-12(16-11(10(15)20)17-13(9)23-8)18-3-5-19(6-4-18)14(21)22/h7H,2-6H2,1H3,(H2,15,20)(H,21,22). The van der Waals surface area contributed by atoms with Crippen molar-refractivity contribution in [2.24, 2.45) is 5.73 Å². The van der Waals surface area contributed by atoms with E-state index in [1.54, 1.807) is 0 Å². The Hall–Kier alpha value is -2.42. The smallest absolute Gasteiger partial charge is 0.407 e. The zero-order valence-corrected chi connectivity index (χ0v) is 13.5. The number of aryl methyl sites for hydroxylation is 1. The number of hydrogen-bond acceptors (Lipinski definition) is 6. The molecule has 2 aromatic heterocycles. The van der Waals surface area contributed by atoms with Gasteiger partial charge in [-0.25, -0.2) is 14.8 Å². The first kappa shape index (κ1) is 15.5. The molecule has 122 valence electrons. The number of nitrogens with two attached hydrogens (primary N) is 1. The Kier molecular flexibility index (Phi) is 4.03. The van der Waals surface area contributed by atoms with E-state index < -0.39 is 12.0 Å². The first-order valence-corrected chi connectivity index (χ1v) is 8.14. The molecule has 1 fully saturated rings. The largest absolute Gasteiger partial charge is 0.465 e. The van der Waals surface area contributed by atoms with Crippen LogP contribution in [0.5, 0.6) is 0 Å². The fraction of sp³-hybridized carbons (Fsp3) is 0.429. The number of anilines is 1. The number of aromatic nitrogens is 2. The van der Waals surface area contributed by atoms with Gasteiger partial charge in [0.2, 0.25) is 5.82 Å². The van der Waals surface area contributed by atoms with Crippen LogP contribution in [-0.4, -0.2) is 58.2 Å². The maximum Gasteiger partial charge on any atom is 0.407 e. The lowest BCUT2D eigenvalue weighted by Crippen LogP contribution is -2.48. The Labute approximate surface area is 136 Å². The summed E-state index contributed by atoms with van der Waals surface area (Å²) in [7, 11) is 0. The number of thiophene rings is 1. The van der Waals surface area contributed by atoms with Crippen molar-refractivity contribution >= 4 is 39.4 Å². The summed E-state index contributed by atoms with van der Waals surface area (Å²) in [5.41, 5.74) is 5.34. The number of hydrogen-bond donors (Lipinski definition) is 2. The minimum absolute atomic E-state index is 0.00216. The van der Waals surface area contributed by atoms with Gasteiger partial charge < -0.3 is 20.6 Å². The van der Waals surface area contributed by atoms with Gasteiger partial charge >= 0.3 is 6.09 Å². The third-order valence-electron chi connectivity index (χ3n) is 3.84. The summed E-state index contributed by atoms with van der Waals surface area (Å²) < 4.78 is 0. The van der Waals surface area contributed by atoms with Gasteiger partial charge in [0.05, 0.1) is 5.39 Å². The molecule has 0 unspecified atom stereocenters. The number of piperazine rings is 1. The fourth-order valence-corrected chi connectivity index (χ4v) is 3.55. The number of rotatable bonds is 3. The van der Waals surface area contributed by atoms with E-state index in [-0.39, 0.29) is 5.82 Å². The highest BCUT2D eigenvalue weighted by Gasteiger charge is 2.24. The molecule has 3 rings (SSSR count). The molecule has 0 bridgehead atoms. The molecule has 9 heteroatoms. The second-order valence-electron chi connectivity index (χ2n) is 5.28. The average molecular weight is 335 g/mol. The molecule has 1 aliphatic heterocycles. The van der Waals surface area contributed by atoms with Crippen LogP contribution in [0.25, 0.3) is 10.2 Å². The predicted molar refractivity (Wildman–Crippen MR) is 87.1 cm³/mol. The number of primary amides is 1. The number of fused-ring (bicyclic) bond motifs is 1. The number of carboxylic acid groups (broad SMARTS) is 1. The van der Waals surface area contributed by atoms with Crippen LogP contribution in [0, 0.1) is 0 Å². The third-order valence-corrected chi connectivity index (χ3v) is 5.02. The van der Waals surface area contributed by atoms with Crippen molar-refractivity contribution in [2.45, 2.75) is 13.3 Å². The normalized spacial score (nSPS) is 15.2. The van der Waals surface area contributed by atoms with E-state index in [1.807, 2.05) is 11.0 Å². The Balaban J connectivity index is 2.00. The Bertz CT molecular complexity index is 767. The topological polar surface area (TPSA) is 113 Å². The summed E-state index contributed by atoms with van der Waals surface area (Å²) in [6.45, 7) is 3.90. The average Bonchev–Trinajstić information content (AvgIpc) is 2.97. The molecule has 1 aliphatic rings. The molecule has 23 heavy (non-hydrogen) atoms. The molecule has 0 radical (unpaired) electrons. The number of amides is 2. The zero-order valence-electron chi connectivity index (χ0n) is 12.7. The molecule has 8 nitrogen and oxygen atoms in total. The summed E-state index contributed by atoms with van der Waals surface area (Å²) >= 11 is 1.52. The molecule has 0 aliphatic carbocycles. The first-order chi connectivity index (χ1) is 11.0. The van der Waals surface area contributed by atoms with Crippen molar-refractivity contribution in [3.63, 3.8) is 0 Å². The summed E-state index contributed by atoms with van der Waals surface area (Å²) in [6.07, 6.45) is -0.0433. The number of carbonyl (C=O) groups is 2. The van der Waals surface area contributed by atoms with Crippen molar-refractivity contribution in [3.05, 3.63) is 16.8 Å². The summed E-state index contributed by atoms with van der Waals surface area (Å²) in [6, 6.07) is 2.03. The van der Waals surface area contributed by atoms with E-state index in [0.29, 0.717) is 32.0 Å². The molecular formula is C14H17N5O3S. The van der Waals surface area contributed by atoms with Crippen LogP contribution in [0.1, 0.15) is 22.4 Å². The highest BCUT2D eigenvalue weighted by atomic mass is 32.1. The predicted octanol–water partition coefficient (Wildman–Crippen LogP) is 1.15. The Morgan fingerprint density at radius 3 is 2.57 bits per heavy atom. The quantitative estimate of drug-likeness (QED) is 0.870. The van der Waals surface area contributed by atoms with Crippen LogP contribution in [-0.2, 0) is 6.42 Å². The van der Waals surface area contributed by atoms with E-state index in [9.17, 15) is 9.59 Å². The van der Waals surface area contributed by atoms with Crippen molar-refractivity contribution in [3.8, 4) is 0 Å². The highest BCUT2D eigenvalue weighted by molar-refractivity contribution is 7.18. The van der Waals surface area contributed by atoms with Crippen LogP contribution in [0.15, 0.2) is 6.07 Å². The maximum absolute atomic E-state index is 11.5. The second kappa shape index (κ2) is 5.99. The van der Waals surface area contributed by atoms with Crippen LogP contribution in [0.2, 0.25) is 0 Å². The minimum Gasteiger partial charge on any atom is -0.465 e. The first-order valence-electron chi connectivity index (χ1n) is 7.32. The molecule has 0 saturated carbocycles. The summed E-state index contributed by atoms with van der Waals surface area (Å²) in [5.74, 6) is -0.00812. The highest BCUT2D eigenvalue weighted by Crippen LogP contribution is 2.31. The van der Waals surface area contributed by atoms with Crippen molar-refractivity contribution in [2.75, 3.05) is 31.1 Å². The van der Waals surface area contributed by atoms with Crippen molar-refractivity contribution in [1.29, 1.82) is 0 Å². The third kappa shape index (κ3) is 2.91. The van der Waals surface area contributed by atoms with Crippen molar-refractivity contribution < 1.29 is 14.7 Å². The van der Waals surface area contributed by atoms with Gasteiger partial charge in [0.1, 0.15) is 10.6 Å². The van der Waals surface area contributed by atoms with Crippen LogP contribution < -0.4 is 10.6 Å². The minimum atomic E-state index is -0.917. The van der Waals surface area contributed by atoms with E-state index >= 15 is 0 Å². The van der Waals surface area contributed by atoms with E-state index in [1.165, 1.54) is 16.2 Å². The summed E-state index contributed by atoms with van der Waals surface area (Å²) in [5, 5.41) is 9.93. The summed E-state index contributed by atoms with van der Waals surface area (Å²) in [4.78, 5) is 36.3. The molecule has 0 atom stereocenters. The van der Waals surface area contributed by atoms with Gasteiger partial charge in [0, 0.05) is 31.1 Å². The SMILES string of the molecule is CCc1cc2c(N3CCN(C(=O)O)CC3)nc(C(N)=O)nc2s1. The molecule has 2 aromatic rings. The fourth-order valence-electron chi connectivity index (χ4n) is 2.59. The maximum atomic E-state index is 11.5. The van der Waals surface area contributed by atoms with E-state index in [0.717, 1.165) is 21.5 Å². The Morgan fingerprint density at radius 2 is 2.00 bits per heavy atom. The van der Waals surface area contributed by atoms with Gasteiger partial charge in [-0.1, -0.05) is 6.92 Å². The molecule has 0 aromatic carbocycles. The van der Waals surface area contributed by atoms with E-state index in [4.69, 9.17) is 10.8 Å². The monoisotopic (exact) mass is 335 g/mol. The number of nitrogens with zero attached hydrogens (tertiary/aromatic N) is 4. The molecular weight excluding hydrogens is 318 g/mol. The zero-order chi connectivity index (χ0) is 16.6. The second-order valence-corrected chi connectivity index (χ2v) is 6.39. The van der Waals surface area contributed by atoms with Gasteiger partial charge in [-0.05, 0) is 12.5 Å². The van der Waals surface area contributed by atoms with Gasteiger partial charge in [0.25, 0.3) is 5.91 Å². The lowest BCUT2D eigenvalue weighted by molar-refractivity contribution is 0.0991.